The summed E-state index contributed by atoms with van der Waals surface area (Å²) in [5.41, 5.74) is 1.02. The largest absolute Gasteiger partial charge is 0.485 e. The molecule has 7 nitrogen and oxygen atoms in total. The topological polar surface area (TPSA) is 69.6 Å². The number of alkyl halides is 2. The third kappa shape index (κ3) is 4.29. The number of rotatable bonds is 6. The fraction of sp³-hybridized carbons (Fsp3) is 0.600. The number of likely N-dealkylation sites (tertiary alicyclic amines) is 1. The van der Waals surface area contributed by atoms with Gasteiger partial charge >= 0.3 is 6.61 Å². The first kappa shape index (κ1) is 19.9. The second-order valence-corrected chi connectivity index (χ2v) is 7.55. The van der Waals surface area contributed by atoms with Crippen LogP contribution in [0.25, 0.3) is 0 Å². The van der Waals surface area contributed by atoms with Crippen LogP contribution in [0.4, 0.5) is 8.78 Å². The predicted octanol–water partition coefficient (Wildman–Crippen LogP) is 2.96. The number of amides is 1. The summed E-state index contributed by atoms with van der Waals surface area (Å²) in [6, 6.07) is 4.78. The number of carbonyl (C=O) groups is 1. The molecule has 0 saturated carbocycles. The Morgan fingerprint density at radius 2 is 2.28 bits per heavy atom. The third-order valence-electron chi connectivity index (χ3n) is 5.49. The Morgan fingerprint density at radius 3 is 3.00 bits per heavy atom. The highest BCUT2D eigenvalue weighted by molar-refractivity contribution is 6.02. The van der Waals surface area contributed by atoms with E-state index < -0.39 is 12.2 Å². The van der Waals surface area contributed by atoms with Crippen molar-refractivity contribution in [1.29, 1.82) is 0 Å². The first-order chi connectivity index (χ1) is 14.0. The Labute approximate surface area is 167 Å². The summed E-state index contributed by atoms with van der Waals surface area (Å²) in [7, 11) is 0. The van der Waals surface area contributed by atoms with Crippen LogP contribution in [0.3, 0.4) is 0 Å². The molecule has 0 bridgehead atoms. The van der Waals surface area contributed by atoms with Gasteiger partial charge in [-0.1, -0.05) is 12.1 Å². The van der Waals surface area contributed by atoms with Crippen molar-refractivity contribution in [2.24, 2.45) is 5.16 Å². The Morgan fingerprint density at radius 1 is 1.41 bits per heavy atom. The highest BCUT2D eigenvalue weighted by Crippen LogP contribution is 2.37. The van der Waals surface area contributed by atoms with Crippen LogP contribution in [0.15, 0.2) is 23.4 Å². The molecule has 4 rings (SSSR count). The summed E-state index contributed by atoms with van der Waals surface area (Å²) in [5, 5.41) is 4.19. The molecular formula is C20H24F2N2O5. The number of nitrogens with zero attached hydrogens (tertiary/aromatic N) is 2. The number of hydrogen-bond acceptors (Lipinski definition) is 6. The van der Waals surface area contributed by atoms with Gasteiger partial charge in [-0.25, -0.2) is 0 Å². The molecular weight excluding hydrogens is 386 g/mol. The second kappa shape index (κ2) is 8.14. The van der Waals surface area contributed by atoms with E-state index >= 15 is 0 Å². The maximum absolute atomic E-state index is 12.8. The number of ether oxygens (including phenoxy) is 3. The van der Waals surface area contributed by atoms with E-state index in [0.717, 1.165) is 17.7 Å². The number of oxime groups is 1. The SMILES string of the molecule is CCC(=O)N1CC[C@H](Oc2cc(C3=NOC4(CCOC4)C3)ccc2OC(F)F)C1. The van der Waals surface area contributed by atoms with Crippen molar-refractivity contribution in [3.05, 3.63) is 23.8 Å². The van der Waals surface area contributed by atoms with Crippen molar-refractivity contribution < 1.29 is 32.6 Å². The van der Waals surface area contributed by atoms with Gasteiger partial charge in [-0.2, -0.15) is 8.78 Å². The van der Waals surface area contributed by atoms with Crippen molar-refractivity contribution in [2.75, 3.05) is 26.3 Å². The van der Waals surface area contributed by atoms with Gasteiger partial charge in [-0.3, -0.25) is 4.79 Å². The van der Waals surface area contributed by atoms with Crippen molar-refractivity contribution in [3.63, 3.8) is 0 Å². The predicted molar refractivity (Wildman–Crippen MR) is 99.4 cm³/mol. The molecule has 3 heterocycles. The van der Waals surface area contributed by atoms with E-state index in [1.54, 1.807) is 24.0 Å². The van der Waals surface area contributed by atoms with E-state index in [-0.39, 0.29) is 23.5 Å². The van der Waals surface area contributed by atoms with Crippen LogP contribution >= 0.6 is 0 Å². The van der Waals surface area contributed by atoms with Crippen LogP contribution in [0, 0.1) is 0 Å². The van der Waals surface area contributed by atoms with Gasteiger partial charge in [0.2, 0.25) is 5.91 Å². The first-order valence-electron chi connectivity index (χ1n) is 9.84. The molecule has 0 radical (unpaired) electrons. The fourth-order valence-electron chi connectivity index (χ4n) is 3.90. The number of hydrogen-bond donors (Lipinski definition) is 0. The lowest BCUT2D eigenvalue weighted by Gasteiger charge is -2.19. The zero-order chi connectivity index (χ0) is 20.4. The van der Waals surface area contributed by atoms with Crippen LogP contribution in [-0.4, -0.2) is 61.1 Å². The molecule has 9 heteroatoms. The highest BCUT2D eigenvalue weighted by atomic mass is 19.3. The molecule has 1 amide bonds. The second-order valence-electron chi connectivity index (χ2n) is 7.55. The Balaban J connectivity index is 1.51. The van der Waals surface area contributed by atoms with Gasteiger partial charge in [-0.15, -0.1) is 0 Å². The Bertz CT molecular complexity index is 795. The molecule has 1 spiro atoms. The summed E-state index contributed by atoms with van der Waals surface area (Å²) < 4.78 is 41.7. The van der Waals surface area contributed by atoms with Crippen molar-refractivity contribution in [1.82, 2.24) is 4.90 Å². The molecule has 2 atom stereocenters. The Hall–Kier alpha value is -2.42. The monoisotopic (exact) mass is 410 g/mol. The summed E-state index contributed by atoms with van der Waals surface area (Å²) >= 11 is 0. The van der Waals surface area contributed by atoms with Crippen molar-refractivity contribution in [2.45, 2.75) is 50.9 Å². The summed E-state index contributed by atoms with van der Waals surface area (Å²) in [4.78, 5) is 19.2. The van der Waals surface area contributed by atoms with E-state index in [4.69, 9.17) is 14.3 Å². The fourth-order valence-corrected chi connectivity index (χ4v) is 3.90. The van der Waals surface area contributed by atoms with Crippen LogP contribution < -0.4 is 9.47 Å². The number of carbonyl (C=O) groups excluding carboxylic acids is 1. The zero-order valence-electron chi connectivity index (χ0n) is 16.2. The van der Waals surface area contributed by atoms with Crippen LogP contribution in [-0.2, 0) is 14.4 Å². The summed E-state index contributed by atoms with van der Waals surface area (Å²) in [5.74, 6) is 0.225. The van der Waals surface area contributed by atoms with Crippen LogP contribution in [0.5, 0.6) is 11.5 Å². The highest BCUT2D eigenvalue weighted by Gasteiger charge is 2.43. The lowest BCUT2D eigenvalue weighted by atomic mass is 9.93. The van der Waals surface area contributed by atoms with Crippen molar-refractivity contribution >= 4 is 11.6 Å². The smallest absolute Gasteiger partial charge is 0.387 e. The van der Waals surface area contributed by atoms with Gasteiger partial charge in [-0.05, 0) is 18.2 Å². The minimum atomic E-state index is -2.96. The number of benzene rings is 1. The molecule has 3 aliphatic heterocycles. The van der Waals surface area contributed by atoms with Gasteiger partial charge in [0.1, 0.15) is 6.10 Å². The molecule has 2 fully saturated rings. The average Bonchev–Trinajstić information content (AvgIpc) is 3.45. The normalized spacial score (nSPS) is 26.1. The van der Waals surface area contributed by atoms with E-state index in [9.17, 15) is 13.6 Å². The number of halogens is 2. The molecule has 3 aliphatic rings. The molecule has 1 aromatic rings. The zero-order valence-corrected chi connectivity index (χ0v) is 16.2. The molecule has 0 aliphatic carbocycles. The Kier molecular flexibility index (Phi) is 5.58. The maximum atomic E-state index is 12.8. The van der Waals surface area contributed by atoms with E-state index in [1.165, 1.54) is 6.07 Å². The van der Waals surface area contributed by atoms with Crippen molar-refractivity contribution in [3.8, 4) is 11.5 Å². The van der Waals surface area contributed by atoms with Gasteiger partial charge in [0.15, 0.2) is 17.1 Å². The molecule has 158 valence electrons. The lowest BCUT2D eigenvalue weighted by molar-refractivity contribution is -0.130. The van der Waals surface area contributed by atoms with Gasteiger partial charge in [0, 0.05) is 37.8 Å². The molecule has 0 N–H and O–H groups in total. The molecule has 0 aromatic heterocycles. The lowest BCUT2D eigenvalue weighted by Crippen LogP contribution is -2.30. The van der Waals surface area contributed by atoms with Gasteiger partial charge in [0.25, 0.3) is 0 Å². The minimum absolute atomic E-state index is 0.0394. The quantitative estimate of drug-likeness (QED) is 0.721. The minimum Gasteiger partial charge on any atom is -0.485 e. The van der Waals surface area contributed by atoms with E-state index in [0.29, 0.717) is 45.6 Å². The standard InChI is InChI=1S/C20H24F2N2O5/c1-2-18(25)24-7-5-14(11-24)27-17-9-13(3-4-16(17)28-19(21)22)15-10-20(29-23-15)6-8-26-12-20/h3-4,9,14,19H,2,5-8,10-12H2,1H3/t14-,20?/m0/s1. The first-order valence-corrected chi connectivity index (χ1v) is 9.84. The maximum Gasteiger partial charge on any atom is 0.387 e. The molecule has 2 saturated heterocycles. The average molecular weight is 410 g/mol. The van der Waals surface area contributed by atoms with Gasteiger partial charge < -0.3 is 23.9 Å². The molecule has 1 aromatic carbocycles. The molecule has 1 unspecified atom stereocenters. The summed E-state index contributed by atoms with van der Waals surface area (Å²) in [6.45, 7) is 0.977. The third-order valence-corrected chi connectivity index (χ3v) is 5.49. The van der Waals surface area contributed by atoms with E-state index in [1.807, 2.05) is 0 Å². The van der Waals surface area contributed by atoms with Crippen LogP contribution in [0.2, 0.25) is 0 Å². The van der Waals surface area contributed by atoms with E-state index in [2.05, 4.69) is 9.89 Å². The molecule has 29 heavy (non-hydrogen) atoms. The van der Waals surface area contributed by atoms with Crippen LogP contribution in [0.1, 0.15) is 38.2 Å². The van der Waals surface area contributed by atoms with Gasteiger partial charge in [0.05, 0.1) is 25.5 Å². The summed E-state index contributed by atoms with van der Waals surface area (Å²) in [6.07, 6.45) is 2.13.